The van der Waals surface area contributed by atoms with E-state index in [-0.39, 0.29) is 5.75 Å². The van der Waals surface area contributed by atoms with Gasteiger partial charge in [-0.05, 0) is 18.6 Å². The van der Waals surface area contributed by atoms with Gasteiger partial charge in [-0.2, -0.15) is 0 Å². The number of aliphatic imine (C=N–C) groups is 1. The summed E-state index contributed by atoms with van der Waals surface area (Å²) in [7, 11) is -1.50. The summed E-state index contributed by atoms with van der Waals surface area (Å²) in [6.45, 7) is 2.89. The number of nitrogens with one attached hydrogen (secondary N) is 3. The van der Waals surface area contributed by atoms with Gasteiger partial charge in [0.15, 0.2) is 5.96 Å². The van der Waals surface area contributed by atoms with Crippen LogP contribution in [0, 0.1) is 0 Å². The molecule has 0 amide bonds. The lowest BCUT2D eigenvalue weighted by Crippen LogP contribution is -2.41. The smallest absolute Gasteiger partial charge is 0.211 e. The highest BCUT2D eigenvalue weighted by molar-refractivity contribution is 7.89. The summed E-state index contributed by atoms with van der Waals surface area (Å²) in [4.78, 5) is 4.06. The SMILES string of the molecule is CCS(=O)(=O)NCCNC(=NC)NCc1ccccc1Cl. The van der Waals surface area contributed by atoms with Crippen LogP contribution >= 0.6 is 11.6 Å². The molecule has 0 aliphatic carbocycles. The second kappa shape index (κ2) is 8.86. The minimum Gasteiger partial charge on any atom is -0.355 e. The zero-order valence-corrected chi connectivity index (χ0v) is 13.8. The van der Waals surface area contributed by atoms with Crippen molar-refractivity contribution >= 4 is 27.6 Å². The summed E-state index contributed by atoms with van der Waals surface area (Å²) in [5.41, 5.74) is 0.966. The third-order valence-electron chi connectivity index (χ3n) is 2.75. The van der Waals surface area contributed by atoms with Gasteiger partial charge >= 0.3 is 0 Å². The molecule has 0 atom stereocenters. The van der Waals surface area contributed by atoms with Gasteiger partial charge in [-0.3, -0.25) is 4.99 Å². The van der Waals surface area contributed by atoms with Crippen LogP contribution in [0.1, 0.15) is 12.5 Å². The molecule has 0 aromatic heterocycles. The first-order chi connectivity index (χ1) is 9.98. The van der Waals surface area contributed by atoms with Crippen molar-refractivity contribution in [2.75, 3.05) is 25.9 Å². The molecule has 1 aromatic carbocycles. The van der Waals surface area contributed by atoms with Crippen LogP contribution in [0.3, 0.4) is 0 Å². The molecule has 8 heteroatoms. The van der Waals surface area contributed by atoms with E-state index in [1.165, 1.54) is 0 Å². The lowest BCUT2D eigenvalue weighted by Gasteiger charge is -2.13. The highest BCUT2D eigenvalue weighted by Crippen LogP contribution is 2.13. The molecule has 1 rings (SSSR count). The van der Waals surface area contributed by atoms with Crippen molar-refractivity contribution in [1.29, 1.82) is 0 Å². The van der Waals surface area contributed by atoms with Crippen LogP contribution < -0.4 is 15.4 Å². The Balaban J connectivity index is 2.35. The topological polar surface area (TPSA) is 82.6 Å². The maximum atomic E-state index is 11.3. The quantitative estimate of drug-likeness (QED) is 0.394. The van der Waals surface area contributed by atoms with Crippen molar-refractivity contribution in [1.82, 2.24) is 15.4 Å². The number of guanidine groups is 1. The van der Waals surface area contributed by atoms with Gasteiger partial charge in [0.1, 0.15) is 0 Å². The molecule has 0 unspecified atom stereocenters. The predicted octanol–water partition coefficient (Wildman–Crippen LogP) is 0.944. The first-order valence-corrected chi connectivity index (χ1v) is 8.66. The van der Waals surface area contributed by atoms with Crippen molar-refractivity contribution in [2.45, 2.75) is 13.5 Å². The van der Waals surface area contributed by atoms with E-state index in [2.05, 4.69) is 20.3 Å². The first-order valence-electron chi connectivity index (χ1n) is 6.63. The fraction of sp³-hybridized carbons (Fsp3) is 0.462. The molecule has 0 aliphatic rings. The number of rotatable bonds is 7. The number of hydrogen-bond acceptors (Lipinski definition) is 3. The second-order valence-corrected chi connectivity index (χ2v) is 6.74. The number of nitrogens with zero attached hydrogens (tertiary/aromatic N) is 1. The Bertz CT molecular complexity index is 575. The number of hydrogen-bond donors (Lipinski definition) is 3. The monoisotopic (exact) mass is 332 g/mol. The first kappa shape index (κ1) is 17.7. The largest absolute Gasteiger partial charge is 0.355 e. The molecule has 0 bridgehead atoms. The molecule has 0 aliphatic heterocycles. The Labute approximate surface area is 131 Å². The summed E-state index contributed by atoms with van der Waals surface area (Å²) >= 11 is 6.07. The number of halogens is 1. The normalized spacial score (nSPS) is 12.2. The van der Waals surface area contributed by atoms with Crippen LogP contribution in [0.25, 0.3) is 0 Å². The molecule has 0 spiro atoms. The fourth-order valence-corrected chi connectivity index (χ4v) is 2.35. The second-order valence-electron chi connectivity index (χ2n) is 4.24. The van der Waals surface area contributed by atoms with Crippen molar-refractivity contribution in [3.05, 3.63) is 34.9 Å². The van der Waals surface area contributed by atoms with Gasteiger partial charge < -0.3 is 10.6 Å². The molecule has 3 N–H and O–H groups in total. The molecule has 6 nitrogen and oxygen atoms in total. The zero-order valence-electron chi connectivity index (χ0n) is 12.2. The Morgan fingerprint density at radius 3 is 2.57 bits per heavy atom. The molecule has 0 heterocycles. The summed E-state index contributed by atoms with van der Waals surface area (Å²) in [5, 5.41) is 6.83. The molecule has 118 valence electrons. The lowest BCUT2D eigenvalue weighted by atomic mass is 10.2. The molecular formula is C13H21ClN4O2S. The minimum absolute atomic E-state index is 0.0759. The van der Waals surface area contributed by atoms with E-state index >= 15 is 0 Å². The maximum absolute atomic E-state index is 11.3. The van der Waals surface area contributed by atoms with E-state index in [0.29, 0.717) is 30.6 Å². The highest BCUT2D eigenvalue weighted by Gasteiger charge is 2.05. The average Bonchev–Trinajstić information content (AvgIpc) is 2.48. The van der Waals surface area contributed by atoms with Crippen LogP contribution in [0.15, 0.2) is 29.3 Å². The van der Waals surface area contributed by atoms with Crippen LogP contribution in [0.5, 0.6) is 0 Å². The van der Waals surface area contributed by atoms with E-state index < -0.39 is 10.0 Å². The number of sulfonamides is 1. The van der Waals surface area contributed by atoms with E-state index in [1.54, 1.807) is 14.0 Å². The van der Waals surface area contributed by atoms with Crippen LogP contribution in [-0.2, 0) is 16.6 Å². The molecule has 0 fully saturated rings. The number of benzene rings is 1. The third kappa shape index (κ3) is 6.79. The summed E-state index contributed by atoms with van der Waals surface area (Å²) in [6.07, 6.45) is 0. The van der Waals surface area contributed by atoms with Crippen molar-refractivity contribution in [3.63, 3.8) is 0 Å². The summed E-state index contributed by atoms with van der Waals surface area (Å²) in [6, 6.07) is 7.55. The average molecular weight is 333 g/mol. The Morgan fingerprint density at radius 1 is 1.24 bits per heavy atom. The Morgan fingerprint density at radius 2 is 1.95 bits per heavy atom. The standard InChI is InChI=1S/C13H21ClN4O2S/c1-3-21(19,20)18-9-8-16-13(15-2)17-10-11-6-4-5-7-12(11)14/h4-7,18H,3,8-10H2,1-2H3,(H2,15,16,17). The summed E-state index contributed by atoms with van der Waals surface area (Å²) in [5.74, 6) is 0.664. The van der Waals surface area contributed by atoms with Crippen LogP contribution in [-0.4, -0.2) is 40.3 Å². The Hall–Kier alpha value is -1.31. The van der Waals surface area contributed by atoms with Gasteiger partial charge in [0.25, 0.3) is 0 Å². The van der Waals surface area contributed by atoms with Gasteiger partial charge in [0.2, 0.25) is 10.0 Å². The van der Waals surface area contributed by atoms with E-state index in [0.717, 1.165) is 5.56 Å². The molecule has 0 saturated carbocycles. The minimum atomic E-state index is -3.15. The lowest BCUT2D eigenvalue weighted by molar-refractivity contribution is 0.582. The van der Waals surface area contributed by atoms with Crippen LogP contribution in [0.2, 0.25) is 5.02 Å². The van der Waals surface area contributed by atoms with Gasteiger partial charge in [0, 0.05) is 31.7 Å². The summed E-state index contributed by atoms with van der Waals surface area (Å²) < 4.78 is 25.0. The molecule has 0 radical (unpaired) electrons. The predicted molar refractivity (Wildman–Crippen MR) is 87.1 cm³/mol. The van der Waals surface area contributed by atoms with Gasteiger partial charge in [0.05, 0.1) is 5.75 Å². The fourth-order valence-electron chi connectivity index (χ4n) is 1.53. The van der Waals surface area contributed by atoms with Crippen molar-refractivity contribution in [3.8, 4) is 0 Å². The van der Waals surface area contributed by atoms with Crippen molar-refractivity contribution in [2.24, 2.45) is 4.99 Å². The Kier molecular flexibility index (Phi) is 7.49. The van der Waals surface area contributed by atoms with E-state index in [9.17, 15) is 8.42 Å². The molecule has 21 heavy (non-hydrogen) atoms. The molecular weight excluding hydrogens is 312 g/mol. The highest BCUT2D eigenvalue weighted by atomic mass is 35.5. The third-order valence-corrected chi connectivity index (χ3v) is 4.52. The van der Waals surface area contributed by atoms with E-state index in [1.807, 2.05) is 24.3 Å². The van der Waals surface area contributed by atoms with Gasteiger partial charge in [-0.25, -0.2) is 13.1 Å². The van der Waals surface area contributed by atoms with Gasteiger partial charge in [-0.15, -0.1) is 0 Å². The van der Waals surface area contributed by atoms with Crippen molar-refractivity contribution < 1.29 is 8.42 Å². The molecule has 1 aromatic rings. The van der Waals surface area contributed by atoms with E-state index in [4.69, 9.17) is 11.6 Å². The zero-order chi connectivity index (χ0) is 15.7. The maximum Gasteiger partial charge on any atom is 0.211 e. The molecule has 0 saturated heterocycles. The van der Waals surface area contributed by atoms with Crippen LogP contribution in [0.4, 0.5) is 0 Å². The van der Waals surface area contributed by atoms with Gasteiger partial charge in [-0.1, -0.05) is 29.8 Å².